The Labute approximate surface area is 170 Å². The third kappa shape index (κ3) is 3.42. The number of hydrogen-bond acceptors (Lipinski definition) is 5. The number of hydrogen-bond donors (Lipinski definition) is 0. The number of pyridine rings is 1. The van der Waals surface area contributed by atoms with Gasteiger partial charge in [0.25, 0.3) is 11.8 Å². The number of aryl methyl sites for hydroxylation is 2. The van der Waals surface area contributed by atoms with E-state index in [1.165, 1.54) is 4.90 Å². The smallest absolute Gasteiger partial charge is 0.274 e. The minimum absolute atomic E-state index is 0.0290. The zero-order valence-corrected chi connectivity index (χ0v) is 17.4. The number of ether oxygens (including phenoxy) is 1. The van der Waals surface area contributed by atoms with Crippen molar-refractivity contribution in [2.45, 2.75) is 38.4 Å². The second kappa shape index (κ2) is 7.26. The molecule has 0 saturated carbocycles. The Morgan fingerprint density at radius 1 is 1.24 bits per heavy atom. The highest BCUT2D eigenvalue weighted by Gasteiger charge is 2.42. The molecule has 2 amide bonds. The van der Waals surface area contributed by atoms with Crippen LogP contribution in [0.4, 0.5) is 0 Å². The number of piperidine rings is 1. The van der Waals surface area contributed by atoms with E-state index in [0.717, 1.165) is 29.7 Å². The summed E-state index contributed by atoms with van der Waals surface area (Å²) in [7, 11) is 5.34. The van der Waals surface area contributed by atoms with Crippen LogP contribution >= 0.6 is 0 Å². The van der Waals surface area contributed by atoms with Crippen molar-refractivity contribution in [1.29, 1.82) is 0 Å². The Morgan fingerprint density at radius 2 is 1.97 bits per heavy atom. The molecule has 0 radical (unpaired) electrons. The first-order valence-electron chi connectivity index (χ1n) is 9.91. The van der Waals surface area contributed by atoms with Crippen LogP contribution in [-0.4, -0.2) is 69.2 Å². The van der Waals surface area contributed by atoms with Crippen molar-refractivity contribution in [3.63, 3.8) is 0 Å². The number of fused-ring (bicyclic) bond motifs is 1. The number of likely N-dealkylation sites (tertiary alicyclic amines) is 1. The minimum Gasteiger partial charge on any atom is -0.370 e. The second-order valence-corrected chi connectivity index (χ2v) is 8.23. The molecule has 4 rings (SSSR count). The second-order valence-electron chi connectivity index (χ2n) is 8.23. The van der Waals surface area contributed by atoms with Crippen molar-refractivity contribution in [1.82, 2.24) is 24.6 Å². The van der Waals surface area contributed by atoms with E-state index in [0.29, 0.717) is 37.4 Å². The van der Waals surface area contributed by atoms with E-state index in [1.54, 1.807) is 26.5 Å². The minimum atomic E-state index is -0.306. The molecule has 1 saturated heterocycles. The molecule has 0 bridgehead atoms. The van der Waals surface area contributed by atoms with Crippen LogP contribution < -0.4 is 0 Å². The molecule has 8 nitrogen and oxygen atoms in total. The summed E-state index contributed by atoms with van der Waals surface area (Å²) < 4.78 is 8.11. The predicted octanol–water partition coefficient (Wildman–Crippen LogP) is 1.57. The van der Waals surface area contributed by atoms with Crippen LogP contribution in [0.5, 0.6) is 0 Å². The molecule has 1 spiro atoms. The van der Waals surface area contributed by atoms with E-state index in [9.17, 15) is 9.59 Å². The lowest BCUT2D eigenvalue weighted by molar-refractivity contribution is -0.0990. The summed E-state index contributed by atoms with van der Waals surface area (Å²) in [4.78, 5) is 32.8. The number of amides is 2. The Kier molecular flexibility index (Phi) is 4.90. The fourth-order valence-corrected chi connectivity index (χ4v) is 4.24. The van der Waals surface area contributed by atoms with Crippen LogP contribution in [0.2, 0.25) is 0 Å². The standard InChI is InChI=1S/C21H27N5O3/c1-14-5-8-22-12-15(14)19(27)26-9-6-21(7-10-26)11-17-16(13-29-21)18(23-25(17)4)20(28)24(2)3/h5,8,12H,6-7,9-11,13H2,1-4H3. The number of carbonyl (C=O) groups is 2. The van der Waals surface area contributed by atoms with E-state index in [-0.39, 0.29) is 17.4 Å². The van der Waals surface area contributed by atoms with Crippen LogP contribution in [0, 0.1) is 6.92 Å². The van der Waals surface area contributed by atoms with Gasteiger partial charge < -0.3 is 14.5 Å². The molecule has 4 heterocycles. The first kappa shape index (κ1) is 19.6. The van der Waals surface area contributed by atoms with Crippen LogP contribution in [0.3, 0.4) is 0 Å². The number of aromatic nitrogens is 3. The average Bonchev–Trinajstić information content (AvgIpc) is 3.03. The van der Waals surface area contributed by atoms with Gasteiger partial charge in [-0.25, -0.2) is 0 Å². The zero-order chi connectivity index (χ0) is 20.8. The molecule has 2 aromatic rings. The van der Waals surface area contributed by atoms with Crippen molar-refractivity contribution in [3.05, 3.63) is 46.5 Å². The third-order valence-electron chi connectivity index (χ3n) is 6.13. The van der Waals surface area contributed by atoms with E-state index in [4.69, 9.17) is 4.74 Å². The molecule has 0 unspecified atom stereocenters. The largest absolute Gasteiger partial charge is 0.370 e. The quantitative estimate of drug-likeness (QED) is 0.769. The molecule has 2 aliphatic rings. The van der Waals surface area contributed by atoms with Crippen LogP contribution in [0.1, 0.15) is 50.5 Å². The number of rotatable bonds is 2. The van der Waals surface area contributed by atoms with E-state index >= 15 is 0 Å². The van der Waals surface area contributed by atoms with Crippen molar-refractivity contribution >= 4 is 11.8 Å². The molecule has 2 aromatic heterocycles. The summed E-state index contributed by atoms with van der Waals surface area (Å²) in [6.45, 7) is 3.60. The average molecular weight is 397 g/mol. The molecule has 0 aromatic carbocycles. The lowest BCUT2D eigenvalue weighted by Crippen LogP contribution is -2.50. The highest BCUT2D eigenvalue weighted by Crippen LogP contribution is 2.37. The zero-order valence-electron chi connectivity index (χ0n) is 17.4. The van der Waals surface area contributed by atoms with Gasteiger partial charge in [-0.1, -0.05) is 0 Å². The topological polar surface area (TPSA) is 80.6 Å². The van der Waals surface area contributed by atoms with Gasteiger partial charge >= 0.3 is 0 Å². The maximum Gasteiger partial charge on any atom is 0.274 e. The lowest BCUT2D eigenvalue weighted by atomic mass is 9.83. The summed E-state index contributed by atoms with van der Waals surface area (Å²) in [5.74, 6) is -0.0741. The molecule has 29 heavy (non-hydrogen) atoms. The first-order chi connectivity index (χ1) is 13.8. The van der Waals surface area contributed by atoms with Crippen molar-refractivity contribution in [2.24, 2.45) is 7.05 Å². The van der Waals surface area contributed by atoms with Gasteiger partial charge in [0.2, 0.25) is 0 Å². The Bertz CT molecular complexity index is 957. The molecular weight excluding hydrogens is 370 g/mol. The monoisotopic (exact) mass is 397 g/mol. The van der Waals surface area contributed by atoms with E-state index in [1.807, 2.05) is 29.6 Å². The SMILES string of the molecule is Cc1ccncc1C(=O)N1CCC2(CC1)Cc1c(c(C(=O)N(C)C)nn1C)CO2. The fourth-order valence-electron chi connectivity index (χ4n) is 4.24. The molecule has 154 valence electrons. The summed E-state index contributed by atoms with van der Waals surface area (Å²) in [6, 6.07) is 1.86. The van der Waals surface area contributed by atoms with Gasteiger partial charge in [-0.3, -0.25) is 19.3 Å². The summed E-state index contributed by atoms with van der Waals surface area (Å²) in [5.41, 5.74) is 3.72. The normalized spacial score (nSPS) is 17.9. The van der Waals surface area contributed by atoms with Gasteiger partial charge in [0, 0.05) is 64.3 Å². The van der Waals surface area contributed by atoms with Crippen LogP contribution in [0.25, 0.3) is 0 Å². The van der Waals surface area contributed by atoms with Gasteiger partial charge in [0.15, 0.2) is 5.69 Å². The van der Waals surface area contributed by atoms with Gasteiger partial charge in [-0.15, -0.1) is 0 Å². The molecule has 0 atom stereocenters. The summed E-state index contributed by atoms with van der Waals surface area (Å²) >= 11 is 0. The maximum absolute atomic E-state index is 12.9. The highest BCUT2D eigenvalue weighted by atomic mass is 16.5. The number of carbonyl (C=O) groups excluding carboxylic acids is 2. The van der Waals surface area contributed by atoms with Gasteiger partial charge in [-0.2, -0.15) is 5.10 Å². The van der Waals surface area contributed by atoms with Gasteiger partial charge in [0.05, 0.1) is 17.8 Å². The molecular formula is C21H27N5O3. The first-order valence-corrected chi connectivity index (χ1v) is 9.91. The maximum atomic E-state index is 12.9. The Morgan fingerprint density at radius 3 is 2.62 bits per heavy atom. The van der Waals surface area contributed by atoms with Gasteiger partial charge in [-0.05, 0) is 31.4 Å². The van der Waals surface area contributed by atoms with E-state index < -0.39 is 0 Å². The van der Waals surface area contributed by atoms with Crippen LogP contribution in [-0.2, 0) is 24.8 Å². The van der Waals surface area contributed by atoms with Crippen molar-refractivity contribution in [2.75, 3.05) is 27.2 Å². The fraction of sp³-hybridized carbons (Fsp3) is 0.524. The molecule has 1 fully saturated rings. The van der Waals surface area contributed by atoms with Crippen molar-refractivity contribution < 1.29 is 14.3 Å². The predicted molar refractivity (Wildman–Crippen MR) is 107 cm³/mol. The van der Waals surface area contributed by atoms with Crippen molar-refractivity contribution in [3.8, 4) is 0 Å². The van der Waals surface area contributed by atoms with Crippen LogP contribution in [0.15, 0.2) is 18.5 Å². The summed E-state index contributed by atoms with van der Waals surface area (Å²) in [6.07, 6.45) is 5.58. The molecule has 2 aliphatic heterocycles. The molecule has 8 heteroatoms. The lowest BCUT2D eigenvalue weighted by Gasteiger charge is -2.44. The summed E-state index contributed by atoms with van der Waals surface area (Å²) in [5, 5.41) is 4.46. The number of nitrogens with zero attached hydrogens (tertiary/aromatic N) is 5. The van der Waals surface area contributed by atoms with E-state index in [2.05, 4.69) is 10.1 Å². The Hall–Kier alpha value is -2.74. The molecule has 0 N–H and O–H groups in total. The highest BCUT2D eigenvalue weighted by molar-refractivity contribution is 5.95. The Balaban J connectivity index is 1.49. The molecule has 0 aliphatic carbocycles. The third-order valence-corrected chi connectivity index (χ3v) is 6.13. The van der Waals surface area contributed by atoms with Gasteiger partial charge in [0.1, 0.15) is 0 Å².